The Balaban J connectivity index is 5.43. The van der Waals surface area contributed by atoms with Crippen molar-refractivity contribution in [2.75, 3.05) is 18.1 Å². The fraction of sp³-hybridized carbons (Fsp3) is 0.962. The zero-order valence-corrected chi connectivity index (χ0v) is 23.0. The van der Waals surface area contributed by atoms with Crippen LogP contribution in [-0.2, 0) is 4.79 Å². The summed E-state index contributed by atoms with van der Waals surface area (Å²) in [6.45, 7) is 25.3. The molecule has 0 rings (SSSR count). The Morgan fingerprint density at radius 1 is 0.900 bits per heavy atom. The summed E-state index contributed by atoms with van der Waals surface area (Å²) < 4.78 is 0. The van der Waals surface area contributed by atoms with Crippen LogP contribution in [0.25, 0.3) is 0 Å². The molecule has 0 bridgehead atoms. The maximum Gasteiger partial charge on any atom is 0.156 e. The Kier molecular flexibility index (Phi) is 12.2. The minimum atomic E-state index is -0.260. The number of hydrogen-bond donors (Lipinski definition) is 2. The summed E-state index contributed by atoms with van der Waals surface area (Å²) in [5, 5.41) is 3.85. The summed E-state index contributed by atoms with van der Waals surface area (Å²) in [6, 6.07) is -0.120. The van der Waals surface area contributed by atoms with Gasteiger partial charge in [-0.2, -0.15) is 11.8 Å². The molecule has 0 amide bonds. The molecule has 0 aliphatic rings. The number of nitrogens with one attached hydrogen (secondary N) is 1. The van der Waals surface area contributed by atoms with Crippen LogP contribution in [-0.4, -0.2) is 35.4 Å². The van der Waals surface area contributed by atoms with Gasteiger partial charge < -0.3 is 11.1 Å². The van der Waals surface area contributed by atoms with Crippen LogP contribution in [0.15, 0.2) is 0 Å². The first-order valence-electron chi connectivity index (χ1n) is 12.3. The van der Waals surface area contributed by atoms with E-state index in [9.17, 15) is 4.79 Å². The fourth-order valence-electron chi connectivity index (χ4n) is 3.53. The molecular weight excluding hydrogens is 388 g/mol. The smallest absolute Gasteiger partial charge is 0.156 e. The number of thioether (sulfide) groups is 1. The standard InChI is InChI=1S/C26H54N2OS/c1-12-25(10,13-2)22(29)21(28-26(11,14-3)15-4)23(6,7)16-17-30-18-20(5)24(8,9)19-27/h20-21,28H,12-19,27H2,1-11H3. The number of Topliss-reactive ketones (excluding diaryl/α,β-unsaturated/α-hetero) is 1. The van der Waals surface area contributed by atoms with Gasteiger partial charge in [0, 0.05) is 11.0 Å². The molecule has 30 heavy (non-hydrogen) atoms. The number of ketones is 1. The topological polar surface area (TPSA) is 55.1 Å². The maximum absolute atomic E-state index is 13.8. The molecule has 0 radical (unpaired) electrons. The molecule has 0 aliphatic heterocycles. The third-order valence-corrected chi connectivity index (χ3v) is 9.60. The largest absolute Gasteiger partial charge is 0.330 e. The predicted molar refractivity (Wildman–Crippen MR) is 137 cm³/mol. The van der Waals surface area contributed by atoms with Crippen LogP contribution in [0.1, 0.15) is 108 Å². The van der Waals surface area contributed by atoms with Gasteiger partial charge in [-0.25, -0.2) is 0 Å². The highest BCUT2D eigenvalue weighted by Gasteiger charge is 2.44. The van der Waals surface area contributed by atoms with Crippen molar-refractivity contribution in [1.29, 1.82) is 0 Å². The Morgan fingerprint density at radius 3 is 1.80 bits per heavy atom. The highest BCUT2D eigenvalue weighted by Crippen LogP contribution is 2.38. The van der Waals surface area contributed by atoms with Crippen LogP contribution < -0.4 is 11.1 Å². The molecule has 0 aromatic heterocycles. The molecule has 0 spiro atoms. The van der Waals surface area contributed by atoms with Crippen molar-refractivity contribution < 1.29 is 4.79 Å². The lowest BCUT2D eigenvalue weighted by molar-refractivity contribution is -0.134. The number of carbonyl (C=O) groups is 1. The third-order valence-electron chi connectivity index (χ3n) is 8.37. The van der Waals surface area contributed by atoms with Gasteiger partial charge in [-0.15, -0.1) is 0 Å². The first-order valence-corrected chi connectivity index (χ1v) is 13.4. The second-order valence-corrected chi connectivity index (χ2v) is 12.5. The van der Waals surface area contributed by atoms with Crippen molar-refractivity contribution in [2.24, 2.45) is 27.9 Å². The van der Waals surface area contributed by atoms with E-state index in [1.165, 1.54) is 0 Å². The lowest BCUT2D eigenvalue weighted by atomic mass is 9.69. The van der Waals surface area contributed by atoms with E-state index in [2.05, 4.69) is 81.5 Å². The molecule has 0 aliphatic carbocycles. The normalized spacial score (nSPS) is 15.9. The van der Waals surface area contributed by atoms with Gasteiger partial charge in [-0.3, -0.25) is 4.79 Å². The second kappa shape index (κ2) is 12.3. The first kappa shape index (κ1) is 29.9. The Morgan fingerprint density at radius 2 is 1.40 bits per heavy atom. The highest BCUT2D eigenvalue weighted by molar-refractivity contribution is 7.99. The Labute approximate surface area is 193 Å². The van der Waals surface area contributed by atoms with Crippen LogP contribution in [0.5, 0.6) is 0 Å². The van der Waals surface area contributed by atoms with Crippen LogP contribution in [0.4, 0.5) is 0 Å². The molecule has 3 nitrogen and oxygen atoms in total. The highest BCUT2D eigenvalue weighted by atomic mass is 32.2. The molecule has 0 fully saturated rings. The molecule has 2 unspecified atom stereocenters. The van der Waals surface area contributed by atoms with E-state index in [4.69, 9.17) is 5.73 Å². The lowest BCUT2D eigenvalue weighted by Crippen LogP contribution is -2.59. The van der Waals surface area contributed by atoms with Gasteiger partial charge in [0.15, 0.2) is 5.78 Å². The van der Waals surface area contributed by atoms with Crippen molar-refractivity contribution in [3.05, 3.63) is 0 Å². The summed E-state index contributed by atoms with van der Waals surface area (Å²) >= 11 is 2.01. The number of nitrogens with two attached hydrogens (primary N) is 1. The van der Waals surface area contributed by atoms with Crippen LogP contribution in [0, 0.1) is 22.2 Å². The van der Waals surface area contributed by atoms with Gasteiger partial charge in [0.1, 0.15) is 0 Å². The van der Waals surface area contributed by atoms with Gasteiger partial charge >= 0.3 is 0 Å². The molecule has 4 heteroatoms. The second-order valence-electron chi connectivity index (χ2n) is 11.4. The minimum absolute atomic E-state index is 0.00715. The first-order chi connectivity index (χ1) is 13.7. The van der Waals surface area contributed by atoms with Gasteiger partial charge in [-0.1, -0.05) is 69.2 Å². The summed E-state index contributed by atoms with van der Waals surface area (Å²) in [6.07, 6.45) is 4.87. The molecular formula is C26H54N2OS. The summed E-state index contributed by atoms with van der Waals surface area (Å²) in [5.74, 6) is 3.18. The number of hydrogen-bond acceptors (Lipinski definition) is 4. The average molecular weight is 443 g/mol. The van der Waals surface area contributed by atoms with Gasteiger partial charge in [0.05, 0.1) is 6.04 Å². The van der Waals surface area contributed by atoms with Crippen molar-refractivity contribution in [1.82, 2.24) is 5.32 Å². The van der Waals surface area contributed by atoms with E-state index >= 15 is 0 Å². The summed E-state index contributed by atoms with van der Waals surface area (Å²) in [7, 11) is 0. The molecule has 0 aromatic carbocycles. The van der Waals surface area contributed by atoms with Crippen molar-refractivity contribution in [3.8, 4) is 0 Å². The van der Waals surface area contributed by atoms with Crippen LogP contribution in [0.3, 0.4) is 0 Å². The zero-order chi connectivity index (χ0) is 23.8. The Hall–Kier alpha value is -0.0600. The van der Waals surface area contributed by atoms with Crippen molar-refractivity contribution in [2.45, 2.75) is 120 Å². The lowest BCUT2D eigenvalue weighted by Gasteiger charge is -2.44. The Bertz CT molecular complexity index is 507. The molecule has 0 saturated heterocycles. The molecule has 0 saturated carbocycles. The zero-order valence-electron chi connectivity index (χ0n) is 22.2. The van der Waals surface area contributed by atoms with E-state index in [1.807, 2.05) is 11.8 Å². The summed E-state index contributed by atoms with van der Waals surface area (Å²) in [5.41, 5.74) is 5.77. The van der Waals surface area contributed by atoms with E-state index in [-0.39, 0.29) is 27.8 Å². The van der Waals surface area contributed by atoms with Crippen LogP contribution >= 0.6 is 11.8 Å². The predicted octanol–water partition coefficient (Wildman–Crippen LogP) is 6.69. The third kappa shape index (κ3) is 8.13. The maximum atomic E-state index is 13.8. The molecule has 0 aromatic rings. The van der Waals surface area contributed by atoms with Gasteiger partial charge in [0.25, 0.3) is 0 Å². The number of rotatable bonds is 16. The molecule has 3 N–H and O–H groups in total. The quantitative estimate of drug-likeness (QED) is 0.261. The van der Waals surface area contributed by atoms with Gasteiger partial charge in [-0.05, 0) is 73.8 Å². The van der Waals surface area contributed by atoms with E-state index in [0.29, 0.717) is 11.7 Å². The van der Waals surface area contributed by atoms with Gasteiger partial charge in [0.2, 0.25) is 0 Å². The number of carbonyl (C=O) groups excluding carboxylic acids is 1. The van der Waals surface area contributed by atoms with Crippen molar-refractivity contribution in [3.63, 3.8) is 0 Å². The SMILES string of the molecule is CCC(C)(CC)NC(C(=O)C(C)(CC)CC)C(C)(C)CCSCC(C)C(C)(C)CN. The van der Waals surface area contributed by atoms with Crippen LogP contribution in [0.2, 0.25) is 0 Å². The van der Waals surface area contributed by atoms with E-state index in [0.717, 1.165) is 50.2 Å². The van der Waals surface area contributed by atoms with E-state index in [1.54, 1.807) is 0 Å². The summed E-state index contributed by atoms with van der Waals surface area (Å²) in [4.78, 5) is 13.8. The molecule has 2 atom stereocenters. The minimum Gasteiger partial charge on any atom is -0.330 e. The average Bonchev–Trinajstić information content (AvgIpc) is 2.73. The van der Waals surface area contributed by atoms with E-state index < -0.39 is 0 Å². The molecule has 0 heterocycles. The van der Waals surface area contributed by atoms with Crippen molar-refractivity contribution >= 4 is 17.5 Å². The fourth-order valence-corrected chi connectivity index (χ4v) is 5.17. The molecule has 180 valence electrons. The monoisotopic (exact) mass is 442 g/mol.